The van der Waals surface area contributed by atoms with E-state index in [1.54, 1.807) is 12.1 Å². The molecule has 130 valence electrons. The summed E-state index contributed by atoms with van der Waals surface area (Å²) in [5, 5.41) is 27.2. The van der Waals surface area contributed by atoms with E-state index in [1.807, 2.05) is 42.5 Å². The molecular formula is C19H23O5-. The Labute approximate surface area is 142 Å². The largest absolute Gasteiger partial charge is 0.876 e. The van der Waals surface area contributed by atoms with Gasteiger partial charge < -0.3 is 24.8 Å². The number of aliphatic hydroxyl groups is 2. The summed E-state index contributed by atoms with van der Waals surface area (Å²) in [6.45, 7) is 4.70. The average molecular weight is 331 g/mol. The van der Waals surface area contributed by atoms with Crippen molar-refractivity contribution in [2.45, 2.75) is 19.6 Å². The minimum Gasteiger partial charge on any atom is -0.876 e. The molecule has 0 amide bonds. The second-order valence-corrected chi connectivity index (χ2v) is 5.10. The average Bonchev–Trinajstić information content (AvgIpc) is 2.59. The lowest BCUT2D eigenvalue weighted by Crippen LogP contribution is -2.21. The summed E-state index contributed by atoms with van der Waals surface area (Å²) in [7, 11) is 0. The predicted molar refractivity (Wildman–Crippen MR) is 90.6 cm³/mol. The molecule has 2 rings (SSSR count). The lowest BCUT2D eigenvalue weighted by atomic mass is 10.2. The van der Waals surface area contributed by atoms with Crippen LogP contribution in [-0.2, 0) is 6.61 Å². The Bertz CT molecular complexity index is 576. The maximum atomic E-state index is 9.33. The molecule has 0 bridgehead atoms. The number of hydrogen-bond acceptors (Lipinski definition) is 5. The van der Waals surface area contributed by atoms with Crippen LogP contribution in [0.1, 0.15) is 12.5 Å². The lowest BCUT2D eigenvalue weighted by Gasteiger charge is -2.11. The number of ether oxygens (including phenoxy) is 2. The summed E-state index contributed by atoms with van der Waals surface area (Å²) in [6, 6.07) is 17.1. The molecule has 0 fully saturated rings. The zero-order valence-corrected chi connectivity index (χ0v) is 13.7. The van der Waals surface area contributed by atoms with Crippen molar-refractivity contribution in [1.29, 1.82) is 0 Å². The van der Waals surface area contributed by atoms with Gasteiger partial charge in [0.2, 0.25) is 0 Å². The first-order valence-corrected chi connectivity index (χ1v) is 7.52. The van der Waals surface area contributed by atoms with E-state index in [9.17, 15) is 10.2 Å². The van der Waals surface area contributed by atoms with Crippen LogP contribution in [0.15, 0.2) is 66.9 Å². The number of rotatable bonds is 7. The molecule has 0 aliphatic heterocycles. The van der Waals surface area contributed by atoms with Crippen molar-refractivity contribution < 1.29 is 24.8 Å². The molecule has 2 aromatic carbocycles. The van der Waals surface area contributed by atoms with Crippen molar-refractivity contribution in [2.75, 3.05) is 13.2 Å². The number of aliphatic hydroxyl groups excluding tert-OH is 2. The van der Waals surface area contributed by atoms with E-state index in [-0.39, 0.29) is 19.0 Å². The van der Waals surface area contributed by atoms with Crippen molar-refractivity contribution in [3.8, 4) is 11.5 Å². The van der Waals surface area contributed by atoms with Crippen LogP contribution in [0.4, 0.5) is 0 Å². The summed E-state index contributed by atoms with van der Waals surface area (Å²) in [6.07, 6.45) is -0.857. The maximum absolute atomic E-state index is 9.33. The van der Waals surface area contributed by atoms with Gasteiger partial charge in [0.05, 0.1) is 6.61 Å². The van der Waals surface area contributed by atoms with Crippen LogP contribution in [-0.4, -0.2) is 29.5 Å². The van der Waals surface area contributed by atoms with Gasteiger partial charge >= 0.3 is 0 Å². The molecule has 5 nitrogen and oxygen atoms in total. The molecule has 0 unspecified atom stereocenters. The Kier molecular flexibility index (Phi) is 9.04. The van der Waals surface area contributed by atoms with Gasteiger partial charge in [-0.3, -0.25) is 0 Å². The summed E-state index contributed by atoms with van der Waals surface area (Å²) in [4.78, 5) is 0. The molecule has 0 spiro atoms. The second kappa shape index (κ2) is 11.1. The minimum absolute atomic E-state index is 0.0702. The zero-order valence-electron chi connectivity index (χ0n) is 13.7. The van der Waals surface area contributed by atoms with E-state index in [4.69, 9.17) is 14.6 Å². The lowest BCUT2D eigenvalue weighted by molar-refractivity contribution is -0.300. The van der Waals surface area contributed by atoms with E-state index < -0.39 is 6.10 Å². The highest BCUT2D eigenvalue weighted by atomic mass is 16.5. The van der Waals surface area contributed by atoms with Gasteiger partial charge in [0.15, 0.2) is 0 Å². The van der Waals surface area contributed by atoms with Crippen LogP contribution in [0.2, 0.25) is 0 Å². The monoisotopic (exact) mass is 331 g/mol. The Morgan fingerprint density at radius 1 is 1.04 bits per heavy atom. The maximum Gasteiger partial charge on any atom is 0.120 e. The molecule has 0 aromatic heterocycles. The molecule has 2 aromatic rings. The topological polar surface area (TPSA) is 82.0 Å². The molecular weight excluding hydrogens is 308 g/mol. The predicted octanol–water partition coefficient (Wildman–Crippen LogP) is 1.88. The van der Waals surface area contributed by atoms with Gasteiger partial charge in [-0.15, -0.1) is 12.3 Å². The Hall–Kier alpha value is -2.50. The fraction of sp³-hybridized carbons (Fsp3) is 0.263. The van der Waals surface area contributed by atoms with Crippen LogP contribution in [0.5, 0.6) is 11.5 Å². The Morgan fingerprint density at radius 2 is 1.54 bits per heavy atom. The minimum atomic E-state index is -0.857. The van der Waals surface area contributed by atoms with E-state index in [0.29, 0.717) is 12.4 Å². The molecule has 0 radical (unpaired) electrons. The van der Waals surface area contributed by atoms with Gasteiger partial charge in [0.1, 0.15) is 30.8 Å². The summed E-state index contributed by atoms with van der Waals surface area (Å²) in [5.74, 6) is 1.30. The number of benzene rings is 2. The highest BCUT2D eigenvalue weighted by Crippen LogP contribution is 2.18. The first kappa shape index (κ1) is 19.5. The molecule has 0 heterocycles. The molecule has 0 saturated heterocycles. The standard InChI is InChI=1S/C16H18O4.C3H6O/c17-10-14(18)12-20-16-8-6-15(7-9-16)19-11-13-4-2-1-3-5-13;1-3(2)4/h1-9,14,17-18H,10-12H2;4H,1H2,2H3/p-1/t14-;/m0./s1. The third kappa shape index (κ3) is 8.82. The second-order valence-electron chi connectivity index (χ2n) is 5.10. The van der Waals surface area contributed by atoms with Gasteiger partial charge in [-0.2, -0.15) is 0 Å². The highest BCUT2D eigenvalue weighted by Gasteiger charge is 2.03. The summed E-state index contributed by atoms with van der Waals surface area (Å²) < 4.78 is 11.0. The van der Waals surface area contributed by atoms with E-state index in [0.717, 1.165) is 11.3 Å². The first-order valence-electron chi connectivity index (χ1n) is 7.52. The van der Waals surface area contributed by atoms with E-state index in [1.165, 1.54) is 6.92 Å². The van der Waals surface area contributed by atoms with Gasteiger partial charge in [0, 0.05) is 0 Å². The third-order valence-electron chi connectivity index (χ3n) is 2.73. The molecule has 24 heavy (non-hydrogen) atoms. The van der Waals surface area contributed by atoms with E-state index in [2.05, 4.69) is 6.58 Å². The van der Waals surface area contributed by atoms with Crippen LogP contribution in [0.3, 0.4) is 0 Å². The van der Waals surface area contributed by atoms with Gasteiger partial charge in [-0.25, -0.2) is 0 Å². The van der Waals surface area contributed by atoms with Gasteiger partial charge in [-0.05, 0) is 29.8 Å². The third-order valence-corrected chi connectivity index (χ3v) is 2.73. The molecule has 5 heteroatoms. The van der Waals surface area contributed by atoms with Gasteiger partial charge in [0.25, 0.3) is 0 Å². The van der Waals surface area contributed by atoms with Gasteiger partial charge in [-0.1, -0.05) is 37.3 Å². The fourth-order valence-electron chi connectivity index (χ4n) is 1.62. The van der Waals surface area contributed by atoms with E-state index >= 15 is 0 Å². The van der Waals surface area contributed by atoms with Crippen molar-refractivity contribution in [2.24, 2.45) is 0 Å². The van der Waals surface area contributed by atoms with Crippen molar-refractivity contribution in [3.63, 3.8) is 0 Å². The molecule has 0 saturated carbocycles. The molecule has 0 aliphatic rings. The Morgan fingerprint density at radius 3 is 2.04 bits per heavy atom. The van der Waals surface area contributed by atoms with Crippen LogP contribution in [0.25, 0.3) is 0 Å². The molecule has 0 aliphatic carbocycles. The van der Waals surface area contributed by atoms with Crippen LogP contribution < -0.4 is 14.6 Å². The number of hydrogen-bond donors (Lipinski definition) is 2. The van der Waals surface area contributed by atoms with Crippen LogP contribution in [0, 0.1) is 0 Å². The Balaban J connectivity index is 0.000000648. The normalized spacial score (nSPS) is 11.0. The summed E-state index contributed by atoms with van der Waals surface area (Å²) in [5.41, 5.74) is 1.11. The van der Waals surface area contributed by atoms with Crippen molar-refractivity contribution in [1.82, 2.24) is 0 Å². The summed E-state index contributed by atoms with van der Waals surface area (Å²) >= 11 is 0. The SMILES string of the molecule is C=C(C)[O-].OC[C@H](O)COc1ccc(OCc2ccccc2)cc1. The number of allylic oxidation sites excluding steroid dienone is 1. The zero-order chi connectivity index (χ0) is 17.8. The smallest absolute Gasteiger partial charge is 0.120 e. The fourth-order valence-corrected chi connectivity index (χ4v) is 1.62. The molecule has 1 atom stereocenters. The van der Waals surface area contributed by atoms with Crippen molar-refractivity contribution in [3.05, 3.63) is 72.5 Å². The quantitative estimate of drug-likeness (QED) is 0.757. The highest BCUT2D eigenvalue weighted by molar-refractivity contribution is 5.31. The first-order chi connectivity index (χ1) is 11.5. The van der Waals surface area contributed by atoms with Crippen LogP contribution >= 0.6 is 0 Å². The van der Waals surface area contributed by atoms with Crippen molar-refractivity contribution >= 4 is 0 Å². The molecule has 2 N–H and O–H groups in total.